The number of amides is 3. The van der Waals surface area contributed by atoms with Crippen LogP contribution in [0.4, 0.5) is 0 Å². The first-order valence-corrected chi connectivity index (χ1v) is 11.3. The van der Waals surface area contributed by atoms with E-state index in [4.69, 9.17) is 15.9 Å². The molecule has 33 heavy (non-hydrogen) atoms. The molecule has 10 nitrogen and oxygen atoms in total. The van der Waals surface area contributed by atoms with Crippen LogP contribution in [0.25, 0.3) is 0 Å². The molecule has 0 saturated carbocycles. The highest BCUT2D eigenvalue weighted by atomic mass is 16.4. The summed E-state index contributed by atoms with van der Waals surface area (Å²) in [5, 5.41) is 26.2. The topological polar surface area (TPSA) is 171 Å². The minimum absolute atomic E-state index is 0.165. The van der Waals surface area contributed by atoms with Crippen LogP contribution in [-0.4, -0.2) is 65.7 Å². The molecule has 1 aromatic carbocycles. The summed E-state index contributed by atoms with van der Waals surface area (Å²) in [6.07, 6.45) is 2.48. The molecule has 10 heteroatoms. The van der Waals surface area contributed by atoms with Crippen molar-refractivity contribution in [3.8, 4) is 0 Å². The molecule has 3 atom stereocenters. The predicted molar refractivity (Wildman–Crippen MR) is 123 cm³/mol. The van der Waals surface area contributed by atoms with E-state index in [9.17, 15) is 19.2 Å². The van der Waals surface area contributed by atoms with Crippen LogP contribution < -0.4 is 21.7 Å². The summed E-state index contributed by atoms with van der Waals surface area (Å²) in [4.78, 5) is 47.5. The van der Waals surface area contributed by atoms with Gasteiger partial charge in [0.25, 0.3) is 0 Å². The Hall–Kier alpha value is -2.98. The fraction of sp³-hybridized carbons (Fsp3) is 0.565. The molecule has 0 aromatic heterocycles. The van der Waals surface area contributed by atoms with Crippen molar-refractivity contribution in [3.05, 3.63) is 35.9 Å². The summed E-state index contributed by atoms with van der Waals surface area (Å²) < 4.78 is 0. The average molecular weight is 465 g/mol. The first-order valence-electron chi connectivity index (χ1n) is 11.3. The molecule has 1 aromatic rings. The maximum Gasteiger partial charge on any atom is 0.306 e. The number of nitrogens with one attached hydrogen (secondary N) is 3. The molecular formula is C23H36N4O6. The summed E-state index contributed by atoms with van der Waals surface area (Å²) >= 11 is 0. The number of aliphatic carboxylic acids is 1. The second-order valence-electron chi connectivity index (χ2n) is 7.87. The van der Waals surface area contributed by atoms with Crippen LogP contribution in [0, 0.1) is 5.92 Å². The standard InChI is InChI=1S/C23H36N4O6/c1-2-17(23(32)33)10-11-20(29)25-12-6-7-13-26-22(31)19(27-21(30)18(24)15-28)14-16-8-4-3-5-9-16/h3-5,8-9,17-19,28H,2,6-7,10-15,24H2,1H3,(H,25,29)(H,26,31)(H,27,30)(H,32,33). The number of rotatable bonds is 16. The van der Waals surface area contributed by atoms with Crippen LogP contribution in [-0.2, 0) is 25.6 Å². The van der Waals surface area contributed by atoms with Gasteiger partial charge in [-0.2, -0.15) is 0 Å². The lowest BCUT2D eigenvalue weighted by atomic mass is 10.0. The van der Waals surface area contributed by atoms with Gasteiger partial charge < -0.3 is 31.9 Å². The predicted octanol–water partition coefficient (Wildman–Crippen LogP) is -0.0629. The van der Waals surface area contributed by atoms with Crippen molar-refractivity contribution in [1.29, 1.82) is 0 Å². The third-order valence-corrected chi connectivity index (χ3v) is 5.24. The van der Waals surface area contributed by atoms with Crippen LogP contribution in [0.3, 0.4) is 0 Å². The van der Waals surface area contributed by atoms with E-state index in [1.807, 2.05) is 30.3 Å². The molecule has 0 aliphatic rings. The second-order valence-corrected chi connectivity index (χ2v) is 7.87. The quantitative estimate of drug-likeness (QED) is 0.186. The van der Waals surface area contributed by atoms with Gasteiger partial charge in [0, 0.05) is 25.9 Å². The first-order chi connectivity index (χ1) is 15.8. The fourth-order valence-corrected chi connectivity index (χ4v) is 3.13. The van der Waals surface area contributed by atoms with Gasteiger partial charge in [0.1, 0.15) is 12.1 Å². The van der Waals surface area contributed by atoms with Crippen LogP contribution in [0.1, 0.15) is 44.6 Å². The highest BCUT2D eigenvalue weighted by Crippen LogP contribution is 2.10. The molecule has 0 radical (unpaired) electrons. The monoisotopic (exact) mass is 464 g/mol. The first kappa shape index (κ1) is 28.1. The van der Waals surface area contributed by atoms with E-state index in [-0.39, 0.29) is 24.7 Å². The van der Waals surface area contributed by atoms with E-state index in [1.165, 1.54) is 0 Å². The molecular weight excluding hydrogens is 428 g/mol. The summed E-state index contributed by atoms with van der Waals surface area (Å²) in [7, 11) is 0. The lowest BCUT2D eigenvalue weighted by molar-refractivity contribution is -0.142. The molecule has 0 aliphatic carbocycles. The largest absolute Gasteiger partial charge is 0.481 e. The van der Waals surface area contributed by atoms with Gasteiger partial charge in [0.2, 0.25) is 17.7 Å². The maximum atomic E-state index is 12.6. The highest BCUT2D eigenvalue weighted by molar-refractivity contribution is 5.90. The Bertz CT molecular complexity index is 759. The Morgan fingerprint density at radius 2 is 1.64 bits per heavy atom. The maximum absolute atomic E-state index is 12.6. The van der Waals surface area contributed by atoms with Gasteiger partial charge in [-0.1, -0.05) is 37.3 Å². The Balaban J connectivity index is 2.39. The van der Waals surface area contributed by atoms with Crippen molar-refractivity contribution in [1.82, 2.24) is 16.0 Å². The third-order valence-electron chi connectivity index (χ3n) is 5.24. The molecule has 7 N–H and O–H groups in total. The van der Waals surface area contributed by atoms with Crippen molar-refractivity contribution in [2.45, 2.75) is 57.5 Å². The number of aliphatic hydroxyl groups excluding tert-OH is 1. The van der Waals surface area contributed by atoms with Gasteiger partial charge in [0.05, 0.1) is 12.5 Å². The molecule has 3 amide bonds. The minimum atomic E-state index is -1.11. The molecule has 0 aliphatic heterocycles. The number of carbonyl (C=O) groups excluding carboxylic acids is 3. The van der Waals surface area contributed by atoms with Gasteiger partial charge in [-0.05, 0) is 31.2 Å². The van der Waals surface area contributed by atoms with Crippen molar-refractivity contribution in [3.63, 3.8) is 0 Å². The molecule has 0 spiro atoms. The average Bonchev–Trinajstić information content (AvgIpc) is 2.80. The van der Waals surface area contributed by atoms with Crippen molar-refractivity contribution in [2.75, 3.05) is 19.7 Å². The van der Waals surface area contributed by atoms with Gasteiger partial charge >= 0.3 is 5.97 Å². The van der Waals surface area contributed by atoms with E-state index >= 15 is 0 Å². The zero-order valence-electron chi connectivity index (χ0n) is 19.1. The number of hydrogen-bond acceptors (Lipinski definition) is 6. The van der Waals surface area contributed by atoms with Crippen LogP contribution in [0.5, 0.6) is 0 Å². The minimum Gasteiger partial charge on any atom is -0.481 e. The Kier molecular flexibility index (Phi) is 13.4. The second kappa shape index (κ2) is 15.8. The molecule has 0 bridgehead atoms. The number of aliphatic hydroxyl groups is 1. The Morgan fingerprint density at radius 1 is 1.00 bits per heavy atom. The van der Waals surface area contributed by atoms with E-state index in [0.29, 0.717) is 38.8 Å². The number of carbonyl (C=O) groups is 4. The lowest BCUT2D eigenvalue weighted by Crippen LogP contribution is -2.53. The van der Waals surface area contributed by atoms with E-state index in [0.717, 1.165) is 5.56 Å². The van der Waals surface area contributed by atoms with Gasteiger partial charge in [-0.25, -0.2) is 0 Å². The SMILES string of the molecule is CCC(CCC(=O)NCCCCNC(=O)C(Cc1ccccc1)NC(=O)C(N)CO)C(=O)O. The number of carboxylic acids is 1. The Labute approximate surface area is 194 Å². The molecule has 1 rings (SSSR count). The number of unbranched alkanes of at least 4 members (excludes halogenated alkanes) is 1. The molecule has 184 valence electrons. The van der Waals surface area contributed by atoms with Gasteiger partial charge in [-0.3, -0.25) is 19.2 Å². The molecule has 0 heterocycles. The lowest BCUT2D eigenvalue weighted by Gasteiger charge is -2.20. The van der Waals surface area contributed by atoms with E-state index in [2.05, 4.69) is 16.0 Å². The van der Waals surface area contributed by atoms with Crippen molar-refractivity contribution < 1.29 is 29.4 Å². The number of carboxylic acid groups (broad SMARTS) is 1. The Morgan fingerprint density at radius 3 is 2.21 bits per heavy atom. The molecule has 0 saturated heterocycles. The molecule has 0 fully saturated rings. The summed E-state index contributed by atoms with van der Waals surface area (Å²) in [5.74, 6) is -2.56. The van der Waals surface area contributed by atoms with Crippen molar-refractivity contribution in [2.24, 2.45) is 11.7 Å². The van der Waals surface area contributed by atoms with E-state index in [1.54, 1.807) is 6.92 Å². The van der Waals surface area contributed by atoms with Crippen LogP contribution >= 0.6 is 0 Å². The van der Waals surface area contributed by atoms with Crippen molar-refractivity contribution >= 4 is 23.7 Å². The highest BCUT2D eigenvalue weighted by Gasteiger charge is 2.23. The zero-order valence-corrected chi connectivity index (χ0v) is 19.1. The zero-order chi connectivity index (χ0) is 24.6. The normalized spacial score (nSPS) is 13.4. The van der Waals surface area contributed by atoms with Gasteiger partial charge in [-0.15, -0.1) is 0 Å². The van der Waals surface area contributed by atoms with Gasteiger partial charge in [0.15, 0.2) is 0 Å². The number of nitrogens with two attached hydrogens (primary N) is 1. The summed E-state index contributed by atoms with van der Waals surface area (Å²) in [5.41, 5.74) is 6.41. The number of hydrogen-bond donors (Lipinski definition) is 6. The third kappa shape index (κ3) is 11.4. The van der Waals surface area contributed by atoms with Crippen LogP contribution in [0.2, 0.25) is 0 Å². The summed E-state index contributed by atoms with van der Waals surface area (Å²) in [6.45, 7) is 2.04. The molecule has 3 unspecified atom stereocenters. The summed E-state index contributed by atoms with van der Waals surface area (Å²) in [6, 6.07) is 7.28. The van der Waals surface area contributed by atoms with E-state index < -0.39 is 36.5 Å². The number of benzene rings is 1. The van der Waals surface area contributed by atoms with Crippen LogP contribution in [0.15, 0.2) is 30.3 Å². The smallest absolute Gasteiger partial charge is 0.306 e. The fourth-order valence-electron chi connectivity index (χ4n) is 3.13.